The van der Waals surface area contributed by atoms with Gasteiger partial charge in [0.1, 0.15) is 16.8 Å². The van der Waals surface area contributed by atoms with E-state index in [1.54, 1.807) is 60.0 Å². The molecule has 3 N–H and O–H groups in total. The molecule has 0 radical (unpaired) electrons. The number of hydrogen-bond acceptors (Lipinski definition) is 5. The van der Waals surface area contributed by atoms with Gasteiger partial charge in [0.05, 0.1) is 22.7 Å². The summed E-state index contributed by atoms with van der Waals surface area (Å²) in [5, 5.41) is 7.76. The molecule has 0 aliphatic carbocycles. The Morgan fingerprint density at radius 3 is 2.44 bits per heavy atom. The summed E-state index contributed by atoms with van der Waals surface area (Å²) in [6.45, 7) is 5.73. The molecule has 0 aliphatic heterocycles. The highest BCUT2D eigenvalue weighted by atomic mass is 35.5. The van der Waals surface area contributed by atoms with Crippen LogP contribution in [0, 0.1) is 5.82 Å². The largest absolute Gasteiger partial charge is 0.323 e. The van der Waals surface area contributed by atoms with Crippen molar-refractivity contribution in [2.45, 2.75) is 37.6 Å². The summed E-state index contributed by atoms with van der Waals surface area (Å²) in [6.07, 6.45) is -0.102. The van der Waals surface area contributed by atoms with Crippen molar-refractivity contribution >= 4 is 56.6 Å². The Morgan fingerprint density at radius 2 is 1.74 bits per heavy atom. The number of hydrogen-bond donors (Lipinski definition) is 3. The summed E-state index contributed by atoms with van der Waals surface area (Å²) in [6, 6.07) is 17.9. The van der Waals surface area contributed by atoms with Crippen molar-refractivity contribution in [3.63, 3.8) is 0 Å². The third kappa shape index (κ3) is 7.79. The second-order valence-electron chi connectivity index (χ2n) is 9.64. The molecule has 0 saturated heterocycles. The van der Waals surface area contributed by atoms with Crippen LogP contribution < -0.4 is 15.4 Å². The zero-order chi connectivity index (χ0) is 28.2. The second-order valence-corrected chi connectivity index (χ2v) is 12.1. The van der Waals surface area contributed by atoms with Crippen molar-refractivity contribution in [1.82, 2.24) is 9.71 Å². The summed E-state index contributed by atoms with van der Waals surface area (Å²) in [4.78, 5) is 29.8. The van der Waals surface area contributed by atoms with Crippen molar-refractivity contribution in [1.29, 1.82) is 0 Å². The zero-order valence-electron chi connectivity index (χ0n) is 21.4. The summed E-state index contributed by atoms with van der Waals surface area (Å²) >= 11 is 7.03. The van der Waals surface area contributed by atoms with E-state index in [1.807, 2.05) is 20.8 Å². The molecule has 1 unspecified atom stereocenters. The summed E-state index contributed by atoms with van der Waals surface area (Å²) in [7, 11) is -1.50. The van der Waals surface area contributed by atoms with Gasteiger partial charge in [0.25, 0.3) is 5.91 Å². The predicted molar refractivity (Wildman–Crippen MR) is 155 cm³/mol. The van der Waals surface area contributed by atoms with Gasteiger partial charge in [0, 0.05) is 21.5 Å². The van der Waals surface area contributed by atoms with E-state index in [1.165, 1.54) is 23.5 Å². The van der Waals surface area contributed by atoms with E-state index in [0.29, 0.717) is 37.4 Å². The van der Waals surface area contributed by atoms with Gasteiger partial charge in [-0.05, 0) is 74.4 Å². The molecule has 0 aliphatic rings. The number of nitrogens with zero attached hydrogens (tertiary/aromatic N) is 1. The maximum atomic E-state index is 15.0. The first-order valence-electron chi connectivity index (χ1n) is 11.9. The molecule has 2 amide bonds. The van der Waals surface area contributed by atoms with Crippen molar-refractivity contribution in [3.8, 4) is 11.1 Å². The van der Waals surface area contributed by atoms with Crippen LogP contribution in [-0.4, -0.2) is 26.5 Å². The molecule has 1 heterocycles. The van der Waals surface area contributed by atoms with Crippen LogP contribution in [0.5, 0.6) is 0 Å². The van der Waals surface area contributed by atoms with E-state index in [2.05, 4.69) is 20.3 Å². The normalized spacial score (nSPS) is 12.1. The lowest BCUT2D eigenvalue weighted by molar-refractivity contribution is -0.115. The number of aromatic nitrogens is 1. The van der Waals surface area contributed by atoms with Crippen LogP contribution in [0.4, 0.5) is 15.2 Å². The average molecular weight is 585 g/mol. The molecule has 0 bridgehead atoms. The van der Waals surface area contributed by atoms with Crippen molar-refractivity contribution < 1.29 is 18.2 Å². The molecule has 1 aromatic heterocycles. The second kappa shape index (κ2) is 12.2. The zero-order valence-corrected chi connectivity index (χ0v) is 23.8. The Kier molecular flexibility index (Phi) is 8.91. The van der Waals surface area contributed by atoms with Gasteiger partial charge in [-0.3, -0.25) is 14.9 Å². The van der Waals surface area contributed by atoms with Gasteiger partial charge in [-0.15, -0.1) is 11.3 Å². The molecule has 39 heavy (non-hydrogen) atoms. The van der Waals surface area contributed by atoms with Gasteiger partial charge >= 0.3 is 0 Å². The van der Waals surface area contributed by atoms with E-state index in [0.717, 1.165) is 0 Å². The van der Waals surface area contributed by atoms with Crippen molar-refractivity contribution in [2.75, 3.05) is 10.6 Å². The van der Waals surface area contributed by atoms with E-state index in [9.17, 15) is 18.2 Å². The number of carbonyl (C=O) groups is 2. The standard InChI is InChI=1S/C28H26ClFN4O3S2/c1-28(2,3)34-39(37)24-7-5-4-6-21(24)18-10-13-23(22(30)14-18)32-25(35)15-20-16-38-27(31-20)33-26(36)17-8-11-19(29)12-9-17/h4-14,16,34H,15H2,1-3H3,(H,32,35)(H,31,33,36). The summed E-state index contributed by atoms with van der Waals surface area (Å²) in [5.74, 6) is -1.43. The van der Waals surface area contributed by atoms with E-state index < -0.39 is 22.7 Å². The molecule has 202 valence electrons. The topological polar surface area (TPSA) is 100 Å². The highest BCUT2D eigenvalue weighted by Gasteiger charge is 2.19. The summed E-state index contributed by atoms with van der Waals surface area (Å²) < 4.78 is 30.9. The Labute approximate surface area is 237 Å². The van der Waals surface area contributed by atoms with Crippen LogP contribution in [0.3, 0.4) is 0 Å². The third-order valence-electron chi connectivity index (χ3n) is 5.26. The Bertz CT molecular complexity index is 1530. The minimum Gasteiger partial charge on any atom is -0.323 e. The minimum absolute atomic E-state index is 0.0154. The first-order chi connectivity index (χ1) is 18.5. The molecule has 0 spiro atoms. The van der Waals surface area contributed by atoms with E-state index in [-0.39, 0.29) is 23.6 Å². The number of amides is 2. The SMILES string of the molecule is CC(C)(C)NS(=O)c1ccccc1-c1ccc(NC(=O)Cc2csc(NC(=O)c3ccc(Cl)cc3)n2)c(F)c1. The molecular weight excluding hydrogens is 559 g/mol. The number of nitrogens with one attached hydrogen (secondary N) is 3. The van der Waals surface area contributed by atoms with Crippen LogP contribution in [0.2, 0.25) is 5.02 Å². The van der Waals surface area contributed by atoms with Gasteiger partial charge in [-0.2, -0.15) is 0 Å². The minimum atomic E-state index is -1.50. The highest BCUT2D eigenvalue weighted by molar-refractivity contribution is 7.83. The fourth-order valence-electron chi connectivity index (χ4n) is 3.56. The van der Waals surface area contributed by atoms with Gasteiger partial charge in [0.15, 0.2) is 5.13 Å². The van der Waals surface area contributed by atoms with Gasteiger partial charge in [-0.25, -0.2) is 18.3 Å². The lowest BCUT2D eigenvalue weighted by Gasteiger charge is -2.20. The van der Waals surface area contributed by atoms with Crippen LogP contribution in [0.1, 0.15) is 36.8 Å². The van der Waals surface area contributed by atoms with Crippen molar-refractivity contribution in [3.05, 3.63) is 94.2 Å². The Morgan fingerprint density at radius 1 is 1.03 bits per heavy atom. The number of carbonyl (C=O) groups excluding carboxylic acids is 2. The Hall–Kier alpha value is -3.44. The number of benzene rings is 3. The number of rotatable bonds is 8. The fraction of sp³-hybridized carbons (Fsp3) is 0.179. The first kappa shape index (κ1) is 28.6. The molecule has 4 aromatic rings. The van der Waals surface area contributed by atoms with E-state index >= 15 is 0 Å². The Balaban J connectivity index is 1.40. The van der Waals surface area contributed by atoms with Crippen LogP contribution in [0.25, 0.3) is 11.1 Å². The number of halogens is 2. The maximum Gasteiger partial charge on any atom is 0.257 e. The molecular formula is C28H26ClFN4O3S2. The predicted octanol–water partition coefficient (Wildman–Crippen LogP) is 6.45. The number of thiazole rings is 1. The smallest absolute Gasteiger partial charge is 0.257 e. The first-order valence-corrected chi connectivity index (χ1v) is 14.3. The van der Waals surface area contributed by atoms with Crippen LogP contribution in [0.15, 0.2) is 77.0 Å². The molecule has 0 fully saturated rings. The number of anilines is 2. The lowest BCUT2D eigenvalue weighted by atomic mass is 10.0. The van der Waals surface area contributed by atoms with Crippen molar-refractivity contribution in [2.24, 2.45) is 0 Å². The quantitative estimate of drug-likeness (QED) is 0.222. The fourth-order valence-corrected chi connectivity index (χ4v) is 5.64. The highest BCUT2D eigenvalue weighted by Crippen LogP contribution is 2.29. The molecule has 7 nitrogen and oxygen atoms in total. The average Bonchev–Trinajstić information content (AvgIpc) is 3.31. The van der Waals surface area contributed by atoms with Gasteiger partial charge in [-0.1, -0.05) is 35.9 Å². The van der Waals surface area contributed by atoms with Crippen LogP contribution >= 0.6 is 22.9 Å². The summed E-state index contributed by atoms with van der Waals surface area (Å²) in [5.41, 5.74) is 1.65. The molecule has 0 saturated carbocycles. The van der Waals surface area contributed by atoms with Gasteiger partial charge < -0.3 is 5.32 Å². The lowest BCUT2D eigenvalue weighted by Crippen LogP contribution is -2.37. The van der Waals surface area contributed by atoms with Gasteiger partial charge in [0.2, 0.25) is 5.91 Å². The maximum absolute atomic E-state index is 15.0. The molecule has 4 rings (SSSR count). The third-order valence-corrected chi connectivity index (χ3v) is 7.87. The molecule has 11 heteroatoms. The molecule has 3 aromatic carbocycles. The monoisotopic (exact) mass is 584 g/mol. The van der Waals surface area contributed by atoms with Crippen LogP contribution in [-0.2, 0) is 22.2 Å². The van der Waals surface area contributed by atoms with E-state index in [4.69, 9.17) is 11.6 Å². The molecule has 1 atom stereocenters.